The first-order valence-corrected chi connectivity index (χ1v) is 7.60. The molecule has 2 aromatic carbocycles. The summed E-state index contributed by atoms with van der Waals surface area (Å²) in [6, 6.07) is 12.8. The molecule has 21 heavy (non-hydrogen) atoms. The van der Waals surface area contributed by atoms with Crippen molar-refractivity contribution in [3.05, 3.63) is 51.6 Å². The second-order valence-electron chi connectivity index (χ2n) is 5.20. The molecule has 2 aromatic rings. The molecule has 0 atom stereocenters. The van der Waals surface area contributed by atoms with Crippen LogP contribution >= 0.6 is 22.6 Å². The molecule has 0 saturated heterocycles. The van der Waals surface area contributed by atoms with Crippen molar-refractivity contribution < 1.29 is 14.3 Å². The number of carbonyl (C=O) groups excluding carboxylic acids is 1. The minimum atomic E-state index is -0.667. The first kappa shape index (κ1) is 14.2. The van der Waals surface area contributed by atoms with Crippen LogP contribution in [-0.2, 0) is 0 Å². The summed E-state index contributed by atoms with van der Waals surface area (Å²) < 4.78 is 12.2. The number of amides is 1. The highest BCUT2D eigenvalue weighted by molar-refractivity contribution is 14.1. The van der Waals surface area contributed by atoms with Crippen LogP contribution in [0, 0.1) is 3.57 Å². The standard InChI is InChI=1S/C16H14INO3/c1-16(2)20-13-8-7-10(9-14(13)21-16)18-15(19)11-5-3-4-6-12(11)17/h3-9H,1-2H3,(H,18,19). The van der Waals surface area contributed by atoms with E-state index in [0.717, 1.165) is 3.57 Å². The summed E-state index contributed by atoms with van der Waals surface area (Å²) in [6.45, 7) is 3.69. The Hall–Kier alpha value is -1.76. The number of rotatable bonds is 2. The number of ether oxygens (including phenoxy) is 2. The lowest BCUT2D eigenvalue weighted by atomic mass is 10.2. The van der Waals surface area contributed by atoms with Crippen molar-refractivity contribution in [2.24, 2.45) is 0 Å². The summed E-state index contributed by atoms with van der Waals surface area (Å²) in [4.78, 5) is 12.3. The van der Waals surface area contributed by atoms with Gasteiger partial charge in [0.25, 0.3) is 5.91 Å². The molecule has 0 bridgehead atoms. The fraction of sp³-hybridized carbons (Fsp3) is 0.188. The molecule has 0 unspecified atom stereocenters. The molecule has 3 rings (SSSR count). The van der Waals surface area contributed by atoms with E-state index < -0.39 is 5.79 Å². The summed E-state index contributed by atoms with van der Waals surface area (Å²) in [6.07, 6.45) is 0. The zero-order chi connectivity index (χ0) is 15.0. The zero-order valence-corrected chi connectivity index (χ0v) is 13.8. The minimum Gasteiger partial charge on any atom is -0.449 e. The summed E-state index contributed by atoms with van der Waals surface area (Å²) in [5.41, 5.74) is 1.33. The Morgan fingerprint density at radius 3 is 2.57 bits per heavy atom. The van der Waals surface area contributed by atoms with Crippen molar-refractivity contribution >= 4 is 34.2 Å². The molecule has 0 radical (unpaired) electrons. The minimum absolute atomic E-state index is 0.141. The Bertz CT molecular complexity index is 712. The second-order valence-corrected chi connectivity index (χ2v) is 6.36. The largest absolute Gasteiger partial charge is 0.449 e. The van der Waals surface area contributed by atoms with Gasteiger partial charge in [-0.15, -0.1) is 0 Å². The van der Waals surface area contributed by atoms with Crippen LogP contribution in [0.25, 0.3) is 0 Å². The number of fused-ring (bicyclic) bond motifs is 1. The fourth-order valence-electron chi connectivity index (χ4n) is 2.14. The van der Waals surface area contributed by atoms with Crippen LogP contribution in [0.3, 0.4) is 0 Å². The van der Waals surface area contributed by atoms with E-state index in [0.29, 0.717) is 22.7 Å². The normalized spacial score (nSPS) is 14.8. The van der Waals surface area contributed by atoms with E-state index in [4.69, 9.17) is 9.47 Å². The number of halogens is 1. The Morgan fingerprint density at radius 1 is 1.10 bits per heavy atom. The highest BCUT2D eigenvalue weighted by atomic mass is 127. The summed E-state index contributed by atoms with van der Waals surface area (Å²) in [5, 5.41) is 2.88. The van der Waals surface area contributed by atoms with Crippen LogP contribution in [0.4, 0.5) is 5.69 Å². The van der Waals surface area contributed by atoms with Gasteiger partial charge < -0.3 is 14.8 Å². The van der Waals surface area contributed by atoms with Gasteiger partial charge in [0, 0.05) is 29.2 Å². The quantitative estimate of drug-likeness (QED) is 0.781. The zero-order valence-electron chi connectivity index (χ0n) is 11.6. The molecular weight excluding hydrogens is 381 g/mol. The average Bonchev–Trinajstić information content (AvgIpc) is 2.72. The van der Waals surface area contributed by atoms with E-state index in [9.17, 15) is 4.79 Å². The Balaban J connectivity index is 1.81. The van der Waals surface area contributed by atoms with Gasteiger partial charge in [-0.3, -0.25) is 4.79 Å². The number of hydrogen-bond donors (Lipinski definition) is 1. The lowest BCUT2D eigenvalue weighted by Crippen LogP contribution is -2.29. The van der Waals surface area contributed by atoms with Crippen molar-refractivity contribution in [3.63, 3.8) is 0 Å². The second kappa shape index (κ2) is 5.22. The predicted octanol–water partition coefficient (Wildman–Crippen LogP) is 4.05. The van der Waals surface area contributed by atoms with Crippen LogP contribution in [0.15, 0.2) is 42.5 Å². The topological polar surface area (TPSA) is 47.6 Å². The molecule has 1 aliphatic heterocycles. The van der Waals surface area contributed by atoms with Gasteiger partial charge in [-0.05, 0) is 46.9 Å². The fourth-order valence-corrected chi connectivity index (χ4v) is 2.78. The van der Waals surface area contributed by atoms with Crippen molar-refractivity contribution in [3.8, 4) is 11.5 Å². The Kier molecular flexibility index (Phi) is 3.52. The first-order valence-electron chi connectivity index (χ1n) is 6.52. The monoisotopic (exact) mass is 395 g/mol. The van der Waals surface area contributed by atoms with Crippen LogP contribution in [-0.4, -0.2) is 11.7 Å². The van der Waals surface area contributed by atoms with Crippen molar-refractivity contribution in [1.82, 2.24) is 0 Å². The lowest BCUT2D eigenvalue weighted by Gasteiger charge is -2.16. The molecule has 1 aliphatic rings. The maximum atomic E-state index is 12.3. The van der Waals surface area contributed by atoms with Gasteiger partial charge in [-0.1, -0.05) is 12.1 Å². The van der Waals surface area contributed by atoms with Gasteiger partial charge in [0.15, 0.2) is 11.5 Å². The van der Waals surface area contributed by atoms with E-state index in [2.05, 4.69) is 27.9 Å². The third kappa shape index (κ3) is 2.97. The van der Waals surface area contributed by atoms with Crippen LogP contribution < -0.4 is 14.8 Å². The van der Waals surface area contributed by atoms with Gasteiger partial charge in [-0.25, -0.2) is 0 Å². The lowest BCUT2D eigenvalue weighted by molar-refractivity contribution is -0.0431. The Labute approximate surface area is 136 Å². The molecule has 0 aliphatic carbocycles. The van der Waals surface area contributed by atoms with Gasteiger partial charge in [0.05, 0.1) is 5.56 Å². The van der Waals surface area contributed by atoms with E-state index in [-0.39, 0.29) is 5.91 Å². The van der Waals surface area contributed by atoms with Crippen molar-refractivity contribution in [2.75, 3.05) is 5.32 Å². The molecule has 1 amide bonds. The highest BCUT2D eigenvalue weighted by Gasteiger charge is 2.31. The van der Waals surface area contributed by atoms with Crippen LogP contribution in [0.5, 0.6) is 11.5 Å². The molecule has 0 aromatic heterocycles. The van der Waals surface area contributed by atoms with Crippen molar-refractivity contribution in [1.29, 1.82) is 0 Å². The Morgan fingerprint density at radius 2 is 1.81 bits per heavy atom. The number of hydrogen-bond acceptors (Lipinski definition) is 3. The van der Waals surface area contributed by atoms with Crippen molar-refractivity contribution in [2.45, 2.75) is 19.6 Å². The third-order valence-corrected chi connectivity index (χ3v) is 3.97. The maximum Gasteiger partial charge on any atom is 0.256 e. The summed E-state index contributed by atoms with van der Waals surface area (Å²) >= 11 is 2.15. The molecule has 1 heterocycles. The van der Waals surface area contributed by atoms with Gasteiger partial charge in [0.2, 0.25) is 5.79 Å². The van der Waals surface area contributed by atoms with Gasteiger partial charge >= 0.3 is 0 Å². The van der Waals surface area contributed by atoms with Gasteiger partial charge in [-0.2, -0.15) is 0 Å². The number of benzene rings is 2. The molecule has 0 saturated carbocycles. The predicted molar refractivity (Wildman–Crippen MR) is 88.9 cm³/mol. The van der Waals surface area contributed by atoms with Crippen LogP contribution in [0.2, 0.25) is 0 Å². The molecule has 5 heteroatoms. The third-order valence-electron chi connectivity index (χ3n) is 3.03. The van der Waals surface area contributed by atoms with Gasteiger partial charge in [0.1, 0.15) is 0 Å². The van der Waals surface area contributed by atoms with E-state index in [1.165, 1.54) is 0 Å². The summed E-state index contributed by atoms with van der Waals surface area (Å²) in [7, 11) is 0. The van der Waals surface area contributed by atoms with Crippen LogP contribution in [0.1, 0.15) is 24.2 Å². The molecule has 0 fully saturated rings. The van der Waals surface area contributed by atoms with E-state index in [1.807, 2.05) is 32.0 Å². The highest BCUT2D eigenvalue weighted by Crippen LogP contribution is 2.40. The number of nitrogens with one attached hydrogen (secondary N) is 1. The SMILES string of the molecule is CC1(C)Oc2ccc(NC(=O)c3ccccc3I)cc2O1. The molecule has 108 valence electrons. The molecular formula is C16H14INO3. The molecule has 0 spiro atoms. The average molecular weight is 395 g/mol. The summed E-state index contributed by atoms with van der Waals surface area (Å²) in [5.74, 6) is 0.519. The van der Waals surface area contributed by atoms with E-state index >= 15 is 0 Å². The number of anilines is 1. The molecule has 1 N–H and O–H groups in total. The number of carbonyl (C=O) groups is 1. The maximum absolute atomic E-state index is 12.3. The molecule has 4 nitrogen and oxygen atoms in total. The smallest absolute Gasteiger partial charge is 0.256 e. The first-order chi connectivity index (χ1) is 9.94. The van der Waals surface area contributed by atoms with E-state index in [1.54, 1.807) is 24.3 Å².